The zero-order valence-corrected chi connectivity index (χ0v) is 14.2. The molecule has 1 aromatic rings. The van der Waals surface area contributed by atoms with Gasteiger partial charge in [0.25, 0.3) is 0 Å². The van der Waals surface area contributed by atoms with Crippen LogP contribution in [0.1, 0.15) is 17.7 Å². The van der Waals surface area contributed by atoms with Gasteiger partial charge in [-0.05, 0) is 12.8 Å². The zero-order chi connectivity index (χ0) is 17.3. The van der Waals surface area contributed by atoms with Gasteiger partial charge < -0.3 is 5.73 Å². The third-order valence-electron chi connectivity index (χ3n) is 3.68. The molecular formula is C12H19F3N4O2S2. The van der Waals surface area contributed by atoms with Crippen molar-refractivity contribution in [3.05, 3.63) is 11.1 Å². The van der Waals surface area contributed by atoms with Gasteiger partial charge in [0.1, 0.15) is 6.54 Å². The van der Waals surface area contributed by atoms with E-state index in [0.29, 0.717) is 41.9 Å². The molecule has 2 heterocycles. The standard InChI is InChI=1S/C12H19F3N4O2S2/c1-23(20,21)19(8-12(13,14)15)9-2-4-18(5-3-9)7-10-6-17-11(16)22-10/h6,9H,2-5,7-8H2,1H3,(H2,16,17). The molecule has 0 bridgehead atoms. The highest BCUT2D eigenvalue weighted by atomic mass is 32.2. The summed E-state index contributed by atoms with van der Waals surface area (Å²) < 4.78 is 61.8. The summed E-state index contributed by atoms with van der Waals surface area (Å²) in [5.74, 6) is 0. The Labute approximate surface area is 137 Å². The Hall–Kier alpha value is -0.910. The minimum absolute atomic E-state index is 0.372. The number of likely N-dealkylation sites (tertiary alicyclic amines) is 1. The molecule has 1 saturated heterocycles. The molecule has 2 rings (SSSR count). The number of halogens is 3. The Kier molecular flexibility index (Phi) is 5.54. The average molecular weight is 372 g/mol. The Morgan fingerprint density at radius 1 is 1.43 bits per heavy atom. The molecule has 0 atom stereocenters. The van der Waals surface area contributed by atoms with Crippen molar-refractivity contribution < 1.29 is 21.6 Å². The summed E-state index contributed by atoms with van der Waals surface area (Å²) >= 11 is 1.37. The fraction of sp³-hybridized carbons (Fsp3) is 0.750. The molecule has 23 heavy (non-hydrogen) atoms. The molecule has 0 aromatic carbocycles. The summed E-state index contributed by atoms with van der Waals surface area (Å²) in [5.41, 5.74) is 5.56. The first-order valence-electron chi connectivity index (χ1n) is 7.01. The maximum Gasteiger partial charge on any atom is 0.402 e. The third kappa shape index (κ3) is 5.59. The molecule has 6 nitrogen and oxygen atoms in total. The Morgan fingerprint density at radius 2 is 2.04 bits per heavy atom. The number of alkyl halides is 3. The molecule has 0 unspecified atom stereocenters. The van der Waals surface area contributed by atoms with Crippen LogP contribution in [0, 0.1) is 0 Å². The molecule has 1 fully saturated rings. The number of rotatable bonds is 5. The largest absolute Gasteiger partial charge is 0.402 e. The van der Waals surface area contributed by atoms with Crippen molar-refractivity contribution in [1.82, 2.24) is 14.2 Å². The molecular weight excluding hydrogens is 353 g/mol. The first kappa shape index (κ1) is 18.4. The van der Waals surface area contributed by atoms with E-state index in [0.717, 1.165) is 11.1 Å². The van der Waals surface area contributed by atoms with E-state index >= 15 is 0 Å². The van der Waals surface area contributed by atoms with E-state index in [2.05, 4.69) is 9.88 Å². The SMILES string of the molecule is CS(=O)(=O)N(CC(F)(F)F)C1CCN(Cc2cnc(N)s2)CC1. The highest BCUT2D eigenvalue weighted by molar-refractivity contribution is 7.88. The fourth-order valence-electron chi connectivity index (χ4n) is 2.68. The van der Waals surface area contributed by atoms with Crippen molar-refractivity contribution in [2.45, 2.75) is 31.6 Å². The van der Waals surface area contributed by atoms with Gasteiger partial charge in [0.2, 0.25) is 10.0 Å². The molecule has 0 radical (unpaired) electrons. The second-order valence-corrected chi connectivity index (χ2v) is 8.68. The lowest BCUT2D eigenvalue weighted by Gasteiger charge is -2.37. The molecule has 0 amide bonds. The third-order valence-corrected chi connectivity index (χ3v) is 5.77. The summed E-state index contributed by atoms with van der Waals surface area (Å²) in [6, 6.07) is -0.616. The van der Waals surface area contributed by atoms with Gasteiger partial charge in [0.15, 0.2) is 5.13 Å². The van der Waals surface area contributed by atoms with Crippen molar-refractivity contribution in [2.24, 2.45) is 0 Å². The van der Waals surface area contributed by atoms with Crippen LogP contribution in [0.5, 0.6) is 0 Å². The van der Waals surface area contributed by atoms with Gasteiger partial charge in [0.05, 0.1) is 6.26 Å². The first-order chi connectivity index (χ1) is 10.5. The Bertz CT molecular complexity index is 624. The average Bonchev–Trinajstić information content (AvgIpc) is 2.80. The van der Waals surface area contributed by atoms with Crippen molar-refractivity contribution in [2.75, 3.05) is 31.6 Å². The summed E-state index contributed by atoms with van der Waals surface area (Å²) in [6.07, 6.45) is -1.29. The van der Waals surface area contributed by atoms with Gasteiger partial charge in [-0.1, -0.05) is 0 Å². The lowest BCUT2D eigenvalue weighted by Crippen LogP contribution is -2.49. The van der Waals surface area contributed by atoms with Gasteiger partial charge in [0, 0.05) is 36.8 Å². The highest BCUT2D eigenvalue weighted by Crippen LogP contribution is 2.26. The molecule has 132 valence electrons. The van der Waals surface area contributed by atoms with Crippen LogP contribution < -0.4 is 5.73 Å². The van der Waals surface area contributed by atoms with Gasteiger partial charge >= 0.3 is 6.18 Å². The van der Waals surface area contributed by atoms with Crippen molar-refractivity contribution in [1.29, 1.82) is 0 Å². The summed E-state index contributed by atoms with van der Waals surface area (Å²) in [7, 11) is -3.90. The normalized spacial score (nSPS) is 18.7. The lowest BCUT2D eigenvalue weighted by atomic mass is 10.0. The number of nitrogens with two attached hydrogens (primary N) is 1. The van der Waals surface area contributed by atoms with E-state index in [-0.39, 0.29) is 0 Å². The highest BCUT2D eigenvalue weighted by Gasteiger charge is 2.39. The number of hydrogen-bond acceptors (Lipinski definition) is 6. The van der Waals surface area contributed by atoms with E-state index < -0.39 is 28.8 Å². The quantitative estimate of drug-likeness (QED) is 0.848. The monoisotopic (exact) mass is 372 g/mol. The van der Waals surface area contributed by atoms with E-state index in [1.54, 1.807) is 6.20 Å². The maximum atomic E-state index is 12.6. The summed E-state index contributed by atoms with van der Waals surface area (Å²) in [5, 5.41) is 0.475. The van der Waals surface area contributed by atoms with Crippen LogP contribution in [0.15, 0.2) is 6.20 Å². The number of sulfonamides is 1. The number of hydrogen-bond donors (Lipinski definition) is 1. The summed E-state index contributed by atoms with van der Waals surface area (Å²) in [4.78, 5) is 7.00. The van der Waals surface area contributed by atoms with E-state index in [1.807, 2.05) is 0 Å². The van der Waals surface area contributed by atoms with Gasteiger partial charge in [-0.25, -0.2) is 13.4 Å². The van der Waals surface area contributed by atoms with Crippen LogP contribution in [0.25, 0.3) is 0 Å². The molecule has 0 aliphatic carbocycles. The van der Waals surface area contributed by atoms with Crippen molar-refractivity contribution >= 4 is 26.5 Å². The van der Waals surface area contributed by atoms with Gasteiger partial charge in [-0.2, -0.15) is 17.5 Å². The van der Waals surface area contributed by atoms with Gasteiger partial charge in [-0.15, -0.1) is 11.3 Å². The number of nitrogen functional groups attached to an aromatic ring is 1. The number of anilines is 1. The Morgan fingerprint density at radius 3 is 2.48 bits per heavy atom. The molecule has 1 aliphatic rings. The molecule has 2 N–H and O–H groups in total. The first-order valence-corrected chi connectivity index (χ1v) is 9.67. The minimum Gasteiger partial charge on any atom is -0.375 e. The van der Waals surface area contributed by atoms with E-state index in [1.165, 1.54) is 11.3 Å². The van der Waals surface area contributed by atoms with Crippen LogP contribution in [0.2, 0.25) is 0 Å². The fourth-order valence-corrected chi connectivity index (χ4v) is 4.54. The van der Waals surface area contributed by atoms with Crippen LogP contribution in [0.4, 0.5) is 18.3 Å². The number of thiazole rings is 1. The Balaban J connectivity index is 1.95. The zero-order valence-electron chi connectivity index (χ0n) is 12.6. The van der Waals surface area contributed by atoms with Gasteiger partial charge in [-0.3, -0.25) is 4.90 Å². The molecule has 11 heteroatoms. The lowest BCUT2D eigenvalue weighted by molar-refractivity contribution is -0.140. The smallest absolute Gasteiger partial charge is 0.375 e. The molecule has 0 spiro atoms. The van der Waals surface area contributed by atoms with Crippen LogP contribution in [-0.4, -0.2) is 60.7 Å². The van der Waals surface area contributed by atoms with E-state index in [4.69, 9.17) is 5.73 Å². The van der Waals surface area contributed by atoms with E-state index in [9.17, 15) is 21.6 Å². The number of aromatic nitrogens is 1. The van der Waals surface area contributed by atoms with Crippen LogP contribution >= 0.6 is 11.3 Å². The van der Waals surface area contributed by atoms with Crippen molar-refractivity contribution in [3.63, 3.8) is 0 Å². The molecule has 1 aliphatic heterocycles. The van der Waals surface area contributed by atoms with Crippen molar-refractivity contribution in [3.8, 4) is 0 Å². The maximum absolute atomic E-state index is 12.6. The summed E-state index contributed by atoms with van der Waals surface area (Å²) in [6.45, 7) is 0.264. The predicted molar refractivity (Wildman–Crippen MR) is 82.4 cm³/mol. The van der Waals surface area contributed by atoms with Crippen LogP contribution in [0.3, 0.4) is 0 Å². The van der Waals surface area contributed by atoms with Crippen LogP contribution in [-0.2, 0) is 16.6 Å². The predicted octanol–water partition coefficient (Wildman–Crippen LogP) is 1.51. The topological polar surface area (TPSA) is 79.5 Å². The molecule has 1 aromatic heterocycles. The second-order valence-electron chi connectivity index (χ2n) is 5.60. The second kappa shape index (κ2) is 6.91. The number of piperidine rings is 1. The molecule has 0 saturated carbocycles. The number of nitrogens with zero attached hydrogens (tertiary/aromatic N) is 3. The minimum atomic E-state index is -4.54.